The maximum Gasteiger partial charge on any atom is 0.410 e. The molecule has 1 saturated heterocycles. The summed E-state index contributed by atoms with van der Waals surface area (Å²) < 4.78 is 22.3. The molecule has 0 unspecified atom stereocenters. The van der Waals surface area contributed by atoms with Crippen LogP contribution >= 0.6 is 0 Å². The van der Waals surface area contributed by atoms with E-state index in [-0.39, 0.29) is 19.3 Å². The molecule has 1 aliphatic heterocycles. The lowest BCUT2D eigenvalue weighted by Gasteiger charge is -2.41. The van der Waals surface area contributed by atoms with Crippen molar-refractivity contribution in [3.63, 3.8) is 0 Å². The number of fused-ring (bicyclic) bond motifs is 1. The van der Waals surface area contributed by atoms with E-state index in [4.69, 9.17) is 18.7 Å². The Morgan fingerprint density at radius 2 is 1.77 bits per heavy atom. The Hall–Kier alpha value is -3.75. The predicted molar refractivity (Wildman–Crippen MR) is 129 cm³/mol. The molecule has 1 aromatic heterocycles. The first-order chi connectivity index (χ1) is 16.8. The first kappa shape index (κ1) is 24.4. The zero-order valence-corrected chi connectivity index (χ0v) is 20.3. The highest BCUT2D eigenvalue weighted by Gasteiger charge is 2.35. The van der Waals surface area contributed by atoms with Gasteiger partial charge in [-0.25, -0.2) is 9.59 Å². The maximum absolute atomic E-state index is 12.9. The minimum Gasteiger partial charge on any atom is -0.475 e. The summed E-state index contributed by atoms with van der Waals surface area (Å²) >= 11 is 0. The highest BCUT2D eigenvalue weighted by Crippen LogP contribution is 2.25. The van der Waals surface area contributed by atoms with E-state index in [0.717, 1.165) is 10.9 Å². The van der Waals surface area contributed by atoms with Crippen LogP contribution in [0, 0.1) is 0 Å². The topological polar surface area (TPSA) is 94.3 Å². The molecule has 1 fully saturated rings. The summed E-state index contributed by atoms with van der Waals surface area (Å²) in [6, 6.07) is 16.7. The average molecular weight is 482 g/mol. The van der Waals surface area contributed by atoms with Crippen LogP contribution in [0.2, 0.25) is 0 Å². The number of rotatable bonds is 6. The molecule has 4 rings (SSSR count). The summed E-state index contributed by atoms with van der Waals surface area (Å²) in [4.78, 5) is 28.9. The van der Waals surface area contributed by atoms with Crippen molar-refractivity contribution in [3.05, 3.63) is 60.2 Å². The van der Waals surface area contributed by atoms with Gasteiger partial charge in [-0.15, -0.1) is 0 Å². The zero-order valence-electron chi connectivity index (χ0n) is 20.3. The number of amides is 2. The van der Waals surface area contributed by atoms with Gasteiger partial charge in [0.25, 0.3) is 5.88 Å². The summed E-state index contributed by atoms with van der Waals surface area (Å²) in [6.07, 6.45) is -0.346. The molecule has 1 aliphatic rings. The number of carbonyl (C=O) groups excluding carboxylic acids is 2. The first-order valence-corrected chi connectivity index (χ1v) is 11.7. The molecular formula is C26H31N3O6. The molecule has 2 amide bonds. The Bertz CT molecular complexity index is 1140. The summed E-state index contributed by atoms with van der Waals surface area (Å²) in [6.45, 7) is 6.98. The first-order valence-electron chi connectivity index (χ1n) is 11.7. The number of aromatic nitrogens is 1. The van der Waals surface area contributed by atoms with Gasteiger partial charge in [0, 0.05) is 26.1 Å². The highest BCUT2D eigenvalue weighted by molar-refractivity contribution is 5.81. The van der Waals surface area contributed by atoms with Crippen molar-refractivity contribution >= 4 is 23.2 Å². The largest absolute Gasteiger partial charge is 0.475 e. The normalized spacial score (nSPS) is 16.3. The molecule has 186 valence electrons. The molecule has 0 aliphatic carbocycles. The molecule has 0 saturated carbocycles. The monoisotopic (exact) mass is 481 g/mol. The van der Waals surface area contributed by atoms with E-state index in [0.29, 0.717) is 37.5 Å². The van der Waals surface area contributed by atoms with Crippen LogP contribution in [0.5, 0.6) is 5.88 Å². The van der Waals surface area contributed by atoms with Gasteiger partial charge in [-0.1, -0.05) is 42.5 Å². The summed E-state index contributed by atoms with van der Waals surface area (Å²) in [5.41, 5.74) is 0.935. The van der Waals surface area contributed by atoms with Crippen molar-refractivity contribution < 1.29 is 28.3 Å². The molecule has 0 N–H and O–H groups in total. The lowest BCUT2D eigenvalue weighted by Crippen LogP contribution is -2.57. The number of hydrogen-bond acceptors (Lipinski definition) is 7. The Kier molecular flexibility index (Phi) is 7.43. The zero-order chi connectivity index (χ0) is 24.8. The van der Waals surface area contributed by atoms with E-state index < -0.39 is 17.8 Å². The second kappa shape index (κ2) is 10.7. The molecule has 9 nitrogen and oxygen atoms in total. The number of piperazine rings is 1. The van der Waals surface area contributed by atoms with Gasteiger partial charge in [-0.2, -0.15) is 0 Å². The molecule has 2 heterocycles. The minimum absolute atomic E-state index is 0.193. The van der Waals surface area contributed by atoms with Crippen LogP contribution in [0.4, 0.5) is 9.59 Å². The van der Waals surface area contributed by atoms with Gasteiger partial charge < -0.3 is 28.5 Å². The van der Waals surface area contributed by atoms with Crippen LogP contribution in [0.3, 0.4) is 0 Å². The molecule has 2 aromatic carbocycles. The summed E-state index contributed by atoms with van der Waals surface area (Å²) in [5.74, 6) is 0.402. The second-order valence-electron chi connectivity index (χ2n) is 9.43. The second-order valence-corrected chi connectivity index (χ2v) is 9.43. The van der Waals surface area contributed by atoms with Crippen LogP contribution in [-0.4, -0.2) is 65.0 Å². The molecule has 9 heteroatoms. The van der Waals surface area contributed by atoms with Crippen molar-refractivity contribution in [1.29, 1.82) is 0 Å². The SMILES string of the molecule is CC(C)(C)OC(=O)N1CCN(C(=O)OCc2ccccc2)C[C@H]1CCOc1noc2ccccc12. The molecule has 35 heavy (non-hydrogen) atoms. The van der Waals surface area contributed by atoms with Crippen LogP contribution in [0.25, 0.3) is 11.0 Å². The van der Waals surface area contributed by atoms with Crippen molar-refractivity contribution in [1.82, 2.24) is 15.0 Å². The predicted octanol–water partition coefficient (Wildman–Crippen LogP) is 4.85. The molecule has 1 atom stereocenters. The smallest absolute Gasteiger partial charge is 0.410 e. The van der Waals surface area contributed by atoms with Crippen LogP contribution < -0.4 is 4.74 Å². The van der Waals surface area contributed by atoms with E-state index in [9.17, 15) is 9.59 Å². The fourth-order valence-corrected chi connectivity index (χ4v) is 3.90. The number of ether oxygens (including phenoxy) is 3. The fraction of sp³-hybridized carbons (Fsp3) is 0.423. The third-order valence-corrected chi connectivity index (χ3v) is 5.61. The van der Waals surface area contributed by atoms with Crippen molar-refractivity contribution in [2.24, 2.45) is 0 Å². The molecule has 0 bridgehead atoms. The number of hydrogen-bond donors (Lipinski definition) is 0. The Morgan fingerprint density at radius 3 is 2.54 bits per heavy atom. The average Bonchev–Trinajstić information content (AvgIpc) is 3.25. The van der Waals surface area contributed by atoms with E-state index in [2.05, 4.69) is 5.16 Å². The third-order valence-electron chi connectivity index (χ3n) is 5.61. The maximum atomic E-state index is 12.9. The molecule has 0 spiro atoms. The van der Waals surface area contributed by atoms with Crippen LogP contribution in [-0.2, 0) is 16.1 Å². The standard InChI is InChI=1S/C26H31N3O6/c1-26(2,3)34-25(31)29-15-14-28(24(30)33-18-19-9-5-4-6-10-19)17-20(29)13-16-32-23-21-11-7-8-12-22(21)35-27-23/h4-12,20H,13-18H2,1-3H3/t20-/m1/s1. The van der Waals surface area contributed by atoms with E-state index in [1.807, 2.05) is 75.4 Å². The molecule has 3 aromatic rings. The van der Waals surface area contributed by atoms with E-state index in [1.54, 1.807) is 9.80 Å². The lowest BCUT2D eigenvalue weighted by atomic mass is 10.1. The number of nitrogens with zero attached hydrogens (tertiary/aromatic N) is 3. The van der Waals surface area contributed by atoms with Gasteiger partial charge in [0.15, 0.2) is 5.58 Å². The highest BCUT2D eigenvalue weighted by atomic mass is 16.6. The lowest BCUT2D eigenvalue weighted by molar-refractivity contribution is -0.00624. The molecular weight excluding hydrogens is 450 g/mol. The van der Waals surface area contributed by atoms with E-state index >= 15 is 0 Å². The van der Waals surface area contributed by atoms with Crippen molar-refractivity contribution in [2.45, 2.75) is 45.4 Å². The number of benzene rings is 2. The molecule has 0 radical (unpaired) electrons. The van der Waals surface area contributed by atoms with Crippen LogP contribution in [0.15, 0.2) is 59.1 Å². The minimum atomic E-state index is -0.622. The third kappa shape index (κ3) is 6.44. The van der Waals surface area contributed by atoms with Crippen molar-refractivity contribution in [2.75, 3.05) is 26.2 Å². The number of carbonyl (C=O) groups is 2. The van der Waals surface area contributed by atoms with Gasteiger partial charge in [-0.05, 0) is 43.6 Å². The van der Waals surface area contributed by atoms with E-state index in [1.165, 1.54) is 0 Å². The summed E-state index contributed by atoms with van der Waals surface area (Å²) in [5, 5.41) is 4.77. The van der Waals surface area contributed by atoms with Gasteiger partial charge in [0.05, 0.1) is 18.0 Å². The Labute approximate surface area is 204 Å². The van der Waals surface area contributed by atoms with Gasteiger partial charge in [0.1, 0.15) is 12.2 Å². The fourth-order valence-electron chi connectivity index (χ4n) is 3.90. The Morgan fingerprint density at radius 1 is 1.03 bits per heavy atom. The van der Waals surface area contributed by atoms with Crippen LogP contribution in [0.1, 0.15) is 32.8 Å². The van der Waals surface area contributed by atoms with Gasteiger partial charge in [-0.3, -0.25) is 0 Å². The Balaban J connectivity index is 1.39. The van der Waals surface area contributed by atoms with Gasteiger partial charge in [0.2, 0.25) is 0 Å². The number of para-hydroxylation sites is 1. The van der Waals surface area contributed by atoms with Crippen molar-refractivity contribution in [3.8, 4) is 5.88 Å². The quantitative estimate of drug-likeness (QED) is 0.496. The van der Waals surface area contributed by atoms with Gasteiger partial charge >= 0.3 is 12.2 Å². The summed E-state index contributed by atoms with van der Waals surface area (Å²) in [7, 11) is 0.